The highest BCUT2D eigenvalue weighted by Gasteiger charge is 2.44. The van der Waals surface area contributed by atoms with E-state index in [4.69, 9.17) is 0 Å². The van der Waals surface area contributed by atoms with Crippen molar-refractivity contribution in [1.82, 2.24) is 5.32 Å². The van der Waals surface area contributed by atoms with E-state index in [1.165, 1.54) is 55.6 Å². The van der Waals surface area contributed by atoms with Crippen LogP contribution in [-0.4, -0.2) is 32.4 Å². The van der Waals surface area contributed by atoms with Crippen molar-refractivity contribution in [3.05, 3.63) is 47.6 Å². The monoisotopic (exact) mass is 384 g/mol. The van der Waals surface area contributed by atoms with Crippen LogP contribution in [0.3, 0.4) is 0 Å². The third kappa shape index (κ3) is 5.94. The Morgan fingerprint density at radius 1 is 1.14 bits per heavy atom. The fourth-order valence-electron chi connectivity index (χ4n) is 4.20. The van der Waals surface area contributed by atoms with Crippen LogP contribution < -0.4 is 10.2 Å². The number of hydrogen-bond acceptors (Lipinski definition) is 2. The van der Waals surface area contributed by atoms with E-state index in [1.807, 2.05) is 7.05 Å². The molecule has 1 saturated heterocycles. The van der Waals surface area contributed by atoms with Crippen LogP contribution in [0.2, 0.25) is 0 Å². The standard InChI is InChI=1S/C25H37FN2/c1-21-9-10-22(8-6-4-5-7-11-24(2,26)14-17-27-3)23(20-21)28-18-15-25(12-13-25)16-19-28/h4-6,8-10,20,27H,7,11-19H2,1-3H3/b5-4-,8-6+. The van der Waals surface area contributed by atoms with Gasteiger partial charge in [-0.1, -0.05) is 36.4 Å². The third-order valence-electron chi connectivity index (χ3n) is 6.56. The van der Waals surface area contributed by atoms with Gasteiger partial charge in [-0.15, -0.1) is 0 Å². The van der Waals surface area contributed by atoms with Crippen molar-refractivity contribution >= 4 is 11.8 Å². The summed E-state index contributed by atoms with van der Waals surface area (Å²) in [6, 6.07) is 6.74. The fraction of sp³-hybridized carbons (Fsp3) is 0.600. The number of allylic oxidation sites excluding steroid dienone is 3. The molecular formula is C25H37FN2. The Morgan fingerprint density at radius 3 is 2.57 bits per heavy atom. The Hall–Kier alpha value is -1.61. The highest BCUT2D eigenvalue weighted by molar-refractivity contribution is 5.69. The summed E-state index contributed by atoms with van der Waals surface area (Å²) in [5.74, 6) is 0. The molecule has 0 aromatic heterocycles. The van der Waals surface area contributed by atoms with E-state index in [9.17, 15) is 4.39 Å². The Balaban J connectivity index is 1.55. The molecule has 0 amide bonds. The highest BCUT2D eigenvalue weighted by Crippen LogP contribution is 2.54. The number of alkyl halides is 1. The number of piperidine rings is 1. The first-order valence-electron chi connectivity index (χ1n) is 11.0. The van der Waals surface area contributed by atoms with E-state index in [-0.39, 0.29) is 0 Å². The van der Waals surface area contributed by atoms with Crippen LogP contribution in [-0.2, 0) is 0 Å². The van der Waals surface area contributed by atoms with E-state index in [2.05, 4.69) is 59.6 Å². The number of aryl methyl sites for hydroxylation is 1. The zero-order valence-corrected chi connectivity index (χ0v) is 17.9. The van der Waals surface area contributed by atoms with Crippen molar-refractivity contribution in [2.24, 2.45) is 5.41 Å². The summed E-state index contributed by atoms with van der Waals surface area (Å²) in [6.07, 6.45) is 15.9. The Morgan fingerprint density at radius 2 is 1.89 bits per heavy atom. The predicted molar refractivity (Wildman–Crippen MR) is 120 cm³/mol. The van der Waals surface area contributed by atoms with E-state index < -0.39 is 5.67 Å². The summed E-state index contributed by atoms with van der Waals surface area (Å²) in [6.45, 7) is 6.97. The van der Waals surface area contributed by atoms with Gasteiger partial charge in [0.15, 0.2) is 0 Å². The molecule has 3 heteroatoms. The van der Waals surface area contributed by atoms with Crippen LogP contribution in [0.25, 0.3) is 6.08 Å². The molecule has 1 aliphatic carbocycles. The van der Waals surface area contributed by atoms with Crippen molar-refractivity contribution in [1.29, 1.82) is 0 Å². The topological polar surface area (TPSA) is 15.3 Å². The molecule has 1 heterocycles. The van der Waals surface area contributed by atoms with Gasteiger partial charge in [0.05, 0.1) is 0 Å². The Bertz CT molecular complexity index is 690. The van der Waals surface area contributed by atoms with Crippen LogP contribution in [0.15, 0.2) is 36.4 Å². The number of benzene rings is 1. The van der Waals surface area contributed by atoms with E-state index in [1.54, 1.807) is 6.92 Å². The van der Waals surface area contributed by atoms with Crippen LogP contribution >= 0.6 is 0 Å². The van der Waals surface area contributed by atoms with E-state index in [0.717, 1.165) is 13.0 Å². The van der Waals surface area contributed by atoms with Gasteiger partial charge < -0.3 is 10.2 Å². The zero-order valence-electron chi connectivity index (χ0n) is 17.9. The molecule has 1 unspecified atom stereocenters. The maximum absolute atomic E-state index is 14.3. The second kappa shape index (κ2) is 9.26. The molecule has 1 saturated carbocycles. The van der Waals surface area contributed by atoms with Gasteiger partial charge in [-0.05, 0) is 95.0 Å². The maximum Gasteiger partial charge on any atom is 0.109 e. The van der Waals surface area contributed by atoms with Gasteiger partial charge in [-0.2, -0.15) is 0 Å². The average molecular weight is 385 g/mol. The number of nitrogens with one attached hydrogen (secondary N) is 1. The van der Waals surface area contributed by atoms with Crippen LogP contribution in [0.4, 0.5) is 10.1 Å². The number of nitrogens with zero attached hydrogens (tertiary/aromatic N) is 1. The van der Waals surface area contributed by atoms with Gasteiger partial charge in [0.2, 0.25) is 0 Å². The molecular weight excluding hydrogens is 347 g/mol. The molecule has 1 aromatic rings. The van der Waals surface area contributed by atoms with Crippen molar-refractivity contribution in [3.63, 3.8) is 0 Å². The molecule has 28 heavy (non-hydrogen) atoms. The summed E-state index contributed by atoms with van der Waals surface area (Å²) in [5, 5.41) is 3.02. The van der Waals surface area contributed by atoms with Crippen molar-refractivity contribution in [2.45, 2.75) is 64.5 Å². The lowest BCUT2D eigenvalue weighted by atomic mass is 9.93. The Labute approximate surface area is 170 Å². The normalized spacial score (nSPS) is 20.9. The molecule has 1 N–H and O–H groups in total. The molecule has 154 valence electrons. The molecule has 0 radical (unpaired) electrons. The Kier molecular flexibility index (Phi) is 6.98. The van der Waals surface area contributed by atoms with Crippen molar-refractivity contribution < 1.29 is 4.39 Å². The molecule has 1 aromatic carbocycles. The van der Waals surface area contributed by atoms with Crippen LogP contribution in [0, 0.1) is 12.3 Å². The van der Waals surface area contributed by atoms with Crippen molar-refractivity contribution in [2.75, 3.05) is 31.6 Å². The second-order valence-corrected chi connectivity index (χ2v) is 9.14. The quantitative estimate of drug-likeness (QED) is 0.520. The largest absolute Gasteiger partial charge is 0.371 e. The van der Waals surface area contributed by atoms with Gasteiger partial charge in [-0.3, -0.25) is 0 Å². The predicted octanol–water partition coefficient (Wildman–Crippen LogP) is 6.06. The van der Waals surface area contributed by atoms with Crippen LogP contribution in [0.5, 0.6) is 0 Å². The summed E-state index contributed by atoms with van der Waals surface area (Å²) >= 11 is 0. The van der Waals surface area contributed by atoms with Gasteiger partial charge >= 0.3 is 0 Å². The fourth-order valence-corrected chi connectivity index (χ4v) is 4.20. The van der Waals surface area contributed by atoms with Gasteiger partial charge in [0, 0.05) is 18.8 Å². The minimum Gasteiger partial charge on any atom is -0.371 e. The molecule has 2 aliphatic rings. The summed E-state index contributed by atoms with van der Waals surface area (Å²) < 4.78 is 14.3. The first kappa shape index (κ1) is 21.1. The lowest BCUT2D eigenvalue weighted by molar-refractivity contribution is 0.163. The summed E-state index contributed by atoms with van der Waals surface area (Å²) in [5.41, 5.74) is 3.58. The number of rotatable bonds is 9. The van der Waals surface area contributed by atoms with Crippen molar-refractivity contribution in [3.8, 4) is 0 Å². The number of halogens is 1. The SMILES string of the molecule is CNCCC(C)(F)CC/C=C\C=C\c1ccc(C)cc1N1CCC2(CC1)CC2. The second-order valence-electron chi connectivity index (χ2n) is 9.14. The lowest BCUT2D eigenvalue weighted by Gasteiger charge is -2.35. The molecule has 1 aliphatic heterocycles. The van der Waals surface area contributed by atoms with Gasteiger partial charge in [0.1, 0.15) is 5.67 Å². The summed E-state index contributed by atoms with van der Waals surface area (Å²) in [4.78, 5) is 2.57. The molecule has 2 nitrogen and oxygen atoms in total. The zero-order chi connectivity index (χ0) is 20.0. The smallest absolute Gasteiger partial charge is 0.109 e. The molecule has 1 atom stereocenters. The molecule has 0 bridgehead atoms. The lowest BCUT2D eigenvalue weighted by Crippen LogP contribution is -2.34. The van der Waals surface area contributed by atoms with E-state index in [0.29, 0.717) is 18.3 Å². The average Bonchev–Trinajstić information content (AvgIpc) is 3.43. The maximum atomic E-state index is 14.3. The highest BCUT2D eigenvalue weighted by atomic mass is 19.1. The molecule has 1 spiro atoms. The first-order chi connectivity index (χ1) is 13.4. The van der Waals surface area contributed by atoms with Crippen LogP contribution in [0.1, 0.15) is 63.0 Å². The van der Waals surface area contributed by atoms with E-state index >= 15 is 0 Å². The molecule has 2 fully saturated rings. The van der Waals surface area contributed by atoms with Gasteiger partial charge in [-0.25, -0.2) is 4.39 Å². The molecule has 3 rings (SSSR count). The first-order valence-corrected chi connectivity index (χ1v) is 11.0. The number of hydrogen-bond donors (Lipinski definition) is 1. The third-order valence-corrected chi connectivity index (χ3v) is 6.56. The minimum absolute atomic E-state index is 0.566. The number of anilines is 1. The van der Waals surface area contributed by atoms with Gasteiger partial charge in [0.25, 0.3) is 0 Å². The summed E-state index contributed by atoms with van der Waals surface area (Å²) in [7, 11) is 1.87. The minimum atomic E-state index is -1.09.